The van der Waals surface area contributed by atoms with Crippen molar-refractivity contribution in [3.8, 4) is 11.1 Å². The van der Waals surface area contributed by atoms with E-state index < -0.39 is 17.5 Å². The fraction of sp³-hybridized carbons (Fsp3) is 0.423. The number of aliphatic carboxylic acids is 1. The number of carbonyl (C=O) groups is 3. The minimum absolute atomic E-state index is 0.00290. The number of carbonyl (C=O) groups excluding carboxylic acids is 2. The van der Waals surface area contributed by atoms with Crippen LogP contribution in [-0.4, -0.2) is 54.2 Å². The molecule has 174 valence electrons. The summed E-state index contributed by atoms with van der Waals surface area (Å²) < 4.78 is 5.52. The molecule has 0 aromatic heterocycles. The number of benzene rings is 2. The van der Waals surface area contributed by atoms with Crippen molar-refractivity contribution in [2.24, 2.45) is 11.3 Å². The van der Waals surface area contributed by atoms with Crippen LogP contribution in [0.2, 0.25) is 0 Å². The Morgan fingerprint density at radius 1 is 1.09 bits per heavy atom. The number of rotatable bonds is 8. The molecule has 0 bridgehead atoms. The van der Waals surface area contributed by atoms with Gasteiger partial charge in [-0.2, -0.15) is 0 Å². The molecule has 0 spiro atoms. The molecule has 1 aliphatic heterocycles. The Balaban J connectivity index is 1.23. The number of ether oxygens (including phenoxy) is 1. The third-order valence-corrected chi connectivity index (χ3v) is 7.04. The smallest absolute Gasteiger partial charge is 0.407 e. The van der Waals surface area contributed by atoms with Gasteiger partial charge in [0, 0.05) is 31.5 Å². The first-order valence-corrected chi connectivity index (χ1v) is 11.5. The Hall–Kier alpha value is -3.35. The van der Waals surface area contributed by atoms with Crippen LogP contribution in [0.3, 0.4) is 0 Å². The molecule has 7 nitrogen and oxygen atoms in total. The van der Waals surface area contributed by atoms with Crippen LogP contribution in [0, 0.1) is 11.3 Å². The van der Waals surface area contributed by atoms with Crippen LogP contribution in [0.4, 0.5) is 4.79 Å². The van der Waals surface area contributed by atoms with E-state index in [9.17, 15) is 19.5 Å². The van der Waals surface area contributed by atoms with Gasteiger partial charge in [-0.15, -0.1) is 0 Å². The number of hydrogen-bond acceptors (Lipinski definition) is 4. The number of fused-ring (bicyclic) bond motifs is 3. The zero-order valence-corrected chi connectivity index (χ0v) is 19.0. The van der Waals surface area contributed by atoms with Crippen molar-refractivity contribution in [3.63, 3.8) is 0 Å². The summed E-state index contributed by atoms with van der Waals surface area (Å²) >= 11 is 0. The summed E-state index contributed by atoms with van der Waals surface area (Å²) in [6, 6.07) is 16.3. The molecule has 2 aliphatic rings. The van der Waals surface area contributed by atoms with Gasteiger partial charge in [-0.25, -0.2) is 4.79 Å². The zero-order valence-electron chi connectivity index (χ0n) is 19.0. The van der Waals surface area contributed by atoms with Gasteiger partial charge < -0.3 is 20.1 Å². The quantitative estimate of drug-likeness (QED) is 0.636. The normalized spacial score (nSPS) is 16.8. The molecule has 2 N–H and O–H groups in total. The van der Waals surface area contributed by atoms with E-state index in [0.717, 1.165) is 11.1 Å². The van der Waals surface area contributed by atoms with Crippen LogP contribution in [0.25, 0.3) is 11.1 Å². The van der Waals surface area contributed by atoms with Crippen molar-refractivity contribution in [2.75, 3.05) is 26.2 Å². The van der Waals surface area contributed by atoms with Gasteiger partial charge in [-0.1, -0.05) is 62.4 Å². The molecule has 2 amide bonds. The summed E-state index contributed by atoms with van der Waals surface area (Å²) in [6.45, 7) is 4.70. The summed E-state index contributed by atoms with van der Waals surface area (Å²) in [6.07, 6.45) is 0.464. The molecule has 1 aliphatic carbocycles. The number of hydrogen-bond donors (Lipinski definition) is 2. The van der Waals surface area contributed by atoms with Crippen LogP contribution in [0.5, 0.6) is 0 Å². The largest absolute Gasteiger partial charge is 0.481 e. The monoisotopic (exact) mass is 450 g/mol. The molecule has 33 heavy (non-hydrogen) atoms. The second-order valence-electron chi connectivity index (χ2n) is 9.08. The molecule has 1 heterocycles. The molecule has 2 aromatic carbocycles. The van der Waals surface area contributed by atoms with Gasteiger partial charge in [0.25, 0.3) is 0 Å². The standard InChI is InChI=1S/C26H30N2O5/c1-3-26(24(30)31)15-28(16-26)23(29)17(2)12-13-27-25(32)33-14-22-20-10-6-4-8-18(20)19-9-5-7-11-21(19)22/h4-11,17,22H,3,12-16H2,1-2H3,(H,27,32)(H,30,31). The number of amides is 2. The summed E-state index contributed by atoms with van der Waals surface area (Å²) in [7, 11) is 0. The highest BCUT2D eigenvalue weighted by Crippen LogP contribution is 2.44. The molecule has 0 saturated carbocycles. The second kappa shape index (κ2) is 9.25. The Morgan fingerprint density at radius 2 is 1.67 bits per heavy atom. The number of alkyl carbamates (subject to hydrolysis) is 1. The average molecular weight is 451 g/mol. The maximum Gasteiger partial charge on any atom is 0.407 e. The highest BCUT2D eigenvalue weighted by Gasteiger charge is 2.50. The van der Waals surface area contributed by atoms with E-state index in [1.54, 1.807) is 11.8 Å². The number of carboxylic acid groups (broad SMARTS) is 1. The van der Waals surface area contributed by atoms with Gasteiger partial charge in [-0.3, -0.25) is 9.59 Å². The average Bonchev–Trinajstić information content (AvgIpc) is 3.10. The van der Waals surface area contributed by atoms with E-state index in [-0.39, 0.29) is 37.4 Å². The molecule has 1 atom stereocenters. The number of nitrogens with one attached hydrogen (secondary N) is 1. The number of likely N-dealkylation sites (tertiary alicyclic amines) is 1. The Labute approximate surface area is 193 Å². The molecule has 1 fully saturated rings. The van der Waals surface area contributed by atoms with Crippen molar-refractivity contribution in [2.45, 2.75) is 32.6 Å². The minimum Gasteiger partial charge on any atom is -0.481 e. The maximum absolute atomic E-state index is 12.5. The van der Waals surface area contributed by atoms with Gasteiger partial charge in [0.15, 0.2) is 0 Å². The van der Waals surface area contributed by atoms with Crippen molar-refractivity contribution in [1.82, 2.24) is 10.2 Å². The Morgan fingerprint density at radius 3 is 2.21 bits per heavy atom. The third-order valence-electron chi connectivity index (χ3n) is 7.04. The fourth-order valence-corrected chi connectivity index (χ4v) is 4.83. The molecule has 1 unspecified atom stereocenters. The summed E-state index contributed by atoms with van der Waals surface area (Å²) in [4.78, 5) is 37.8. The SMILES string of the molecule is CCC1(C(=O)O)CN(C(=O)C(C)CCNC(=O)OCC2c3ccccc3-c3ccccc32)C1. The second-order valence-corrected chi connectivity index (χ2v) is 9.08. The van der Waals surface area contributed by atoms with Crippen LogP contribution in [-0.2, 0) is 14.3 Å². The van der Waals surface area contributed by atoms with E-state index in [0.29, 0.717) is 19.4 Å². The number of carboxylic acids is 1. The van der Waals surface area contributed by atoms with Crippen LogP contribution >= 0.6 is 0 Å². The van der Waals surface area contributed by atoms with Crippen LogP contribution in [0.1, 0.15) is 43.7 Å². The van der Waals surface area contributed by atoms with Crippen LogP contribution < -0.4 is 5.32 Å². The first kappa shape index (κ1) is 22.8. The van der Waals surface area contributed by atoms with E-state index >= 15 is 0 Å². The Kier molecular flexibility index (Phi) is 6.40. The summed E-state index contributed by atoms with van der Waals surface area (Å²) in [5.74, 6) is -1.22. The van der Waals surface area contributed by atoms with E-state index in [1.807, 2.05) is 31.2 Å². The molecule has 2 aromatic rings. The fourth-order valence-electron chi connectivity index (χ4n) is 4.83. The summed E-state index contributed by atoms with van der Waals surface area (Å²) in [5, 5.41) is 12.1. The Bertz CT molecular complexity index is 1010. The number of nitrogens with zero attached hydrogens (tertiary/aromatic N) is 1. The van der Waals surface area contributed by atoms with Gasteiger partial charge >= 0.3 is 12.1 Å². The van der Waals surface area contributed by atoms with Crippen molar-refractivity contribution in [3.05, 3.63) is 59.7 Å². The maximum atomic E-state index is 12.5. The molecular weight excluding hydrogens is 420 g/mol. The van der Waals surface area contributed by atoms with Gasteiger partial charge in [-0.05, 0) is 35.1 Å². The topological polar surface area (TPSA) is 95.9 Å². The van der Waals surface area contributed by atoms with Crippen molar-refractivity contribution in [1.29, 1.82) is 0 Å². The van der Waals surface area contributed by atoms with Gasteiger partial charge in [0.05, 0.1) is 0 Å². The van der Waals surface area contributed by atoms with Gasteiger partial charge in [0.2, 0.25) is 5.91 Å². The molecule has 1 saturated heterocycles. The van der Waals surface area contributed by atoms with Crippen LogP contribution in [0.15, 0.2) is 48.5 Å². The van der Waals surface area contributed by atoms with E-state index in [1.165, 1.54) is 11.1 Å². The highest BCUT2D eigenvalue weighted by molar-refractivity contribution is 5.84. The molecular formula is C26H30N2O5. The zero-order chi connectivity index (χ0) is 23.6. The lowest BCUT2D eigenvalue weighted by Gasteiger charge is -2.47. The lowest BCUT2D eigenvalue weighted by atomic mass is 9.77. The predicted octanol–water partition coefficient (Wildman–Crippen LogP) is 3.87. The van der Waals surface area contributed by atoms with E-state index in [4.69, 9.17) is 4.74 Å². The molecule has 7 heteroatoms. The first-order chi connectivity index (χ1) is 15.9. The predicted molar refractivity (Wildman–Crippen MR) is 124 cm³/mol. The minimum atomic E-state index is -0.848. The highest BCUT2D eigenvalue weighted by atomic mass is 16.5. The van der Waals surface area contributed by atoms with E-state index in [2.05, 4.69) is 29.6 Å². The lowest BCUT2D eigenvalue weighted by Crippen LogP contribution is -2.62. The van der Waals surface area contributed by atoms with Gasteiger partial charge in [0.1, 0.15) is 12.0 Å². The third kappa shape index (κ3) is 4.32. The summed E-state index contributed by atoms with van der Waals surface area (Å²) in [5.41, 5.74) is 3.86. The van der Waals surface area contributed by atoms with Crippen molar-refractivity contribution < 1.29 is 24.2 Å². The van der Waals surface area contributed by atoms with Crippen molar-refractivity contribution >= 4 is 18.0 Å². The lowest BCUT2D eigenvalue weighted by molar-refractivity contribution is -0.167. The molecule has 0 radical (unpaired) electrons. The first-order valence-electron chi connectivity index (χ1n) is 11.5. The molecule has 4 rings (SSSR count).